The molecule has 0 amide bonds. The zero-order chi connectivity index (χ0) is 19.1. The Balaban J connectivity index is 2.09. The van der Waals surface area contributed by atoms with E-state index >= 15 is 0 Å². The highest BCUT2D eigenvalue weighted by Gasteiger charge is 2.39. The van der Waals surface area contributed by atoms with Crippen LogP contribution in [-0.4, -0.2) is 17.9 Å². The minimum absolute atomic E-state index is 0.142. The summed E-state index contributed by atoms with van der Waals surface area (Å²) in [4.78, 5) is 4.86. The smallest absolute Gasteiger partial charge is 0.250 e. The van der Waals surface area contributed by atoms with Crippen LogP contribution in [0.1, 0.15) is 32.2 Å². The fourth-order valence-electron chi connectivity index (χ4n) is 2.75. The summed E-state index contributed by atoms with van der Waals surface area (Å²) in [5.74, 6) is 1.89. The van der Waals surface area contributed by atoms with Crippen LogP contribution in [0, 0.1) is 6.92 Å². The van der Waals surface area contributed by atoms with Gasteiger partial charge in [-0.15, -0.1) is 0 Å². The quantitative estimate of drug-likeness (QED) is 0.439. The molecule has 3 aromatic rings. The topological polar surface area (TPSA) is 27.1 Å². The van der Waals surface area contributed by atoms with Gasteiger partial charge in [-0.1, -0.05) is 67.0 Å². The maximum absolute atomic E-state index is 6.61. The molecule has 1 heterocycles. The molecule has 26 heavy (non-hydrogen) atoms. The van der Waals surface area contributed by atoms with Crippen molar-refractivity contribution >= 4 is 35.3 Å². The SMILES string of the molecule is Cc1nc2c(O[Si](C)(C)C(C)(C)C)cc(Br)cc2n1Cc1ccccc1. The van der Waals surface area contributed by atoms with Crippen molar-refractivity contribution in [2.45, 2.75) is 52.4 Å². The van der Waals surface area contributed by atoms with Gasteiger partial charge in [0.15, 0.2) is 0 Å². The molecule has 0 aliphatic carbocycles. The zero-order valence-corrected chi connectivity index (χ0v) is 19.0. The van der Waals surface area contributed by atoms with E-state index < -0.39 is 8.32 Å². The molecule has 2 aromatic carbocycles. The molecule has 0 atom stereocenters. The predicted octanol–water partition coefficient (Wildman–Crippen LogP) is 6.54. The highest BCUT2D eigenvalue weighted by molar-refractivity contribution is 9.10. The average Bonchev–Trinajstić information content (AvgIpc) is 2.84. The van der Waals surface area contributed by atoms with Crippen LogP contribution in [0.3, 0.4) is 0 Å². The summed E-state index contributed by atoms with van der Waals surface area (Å²) in [5.41, 5.74) is 3.32. The van der Waals surface area contributed by atoms with Crippen molar-refractivity contribution in [1.82, 2.24) is 9.55 Å². The number of hydrogen-bond donors (Lipinski definition) is 0. The largest absolute Gasteiger partial charge is 0.542 e. The molecule has 0 saturated heterocycles. The number of rotatable bonds is 4. The standard InChI is InChI=1S/C21H27BrN2OSi/c1-15-23-20-18(24(15)14-16-10-8-7-9-11-16)12-17(22)13-19(20)25-26(5,6)21(2,3)4/h7-13H,14H2,1-6H3. The fourth-order valence-corrected chi connectivity index (χ4v) is 4.18. The van der Waals surface area contributed by atoms with Gasteiger partial charge in [0.05, 0.1) is 5.52 Å². The lowest BCUT2D eigenvalue weighted by Gasteiger charge is -2.36. The van der Waals surface area contributed by atoms with E-state index in [2.05, 4.69) is 97.7 Å². The Morgan fingerprint density at radius 2 is 1.77 bits per heavy atom. The summed E-state index contributed by atoms with van der Waals surface area (Å²) >= 11 is 3.66. The van der Waals surface area contributed by atoms with E-state index in [4.69, 9.17) is 9.41 Å². The van der Waals surface area contributed by atoms with Crippen molar-refractivity contribution in [2.24, 2.45) is 0 Å². The lowest BCUT2D eigenvalue weighted by molar-refractivity contribution is 0.495. The number of aromatic nitrogens is 2. The first-order valence-electron chi connectivity index (χ1n) is 8.98. The van der Waals surface area contributed by atoms with E-state index in [-0.39, 0.29) is 5.04 Å². The summed E-state index contributed by atoms with van der Waals surface area (Å²) in [5, 5.41) is 0.142. The highest BCUT2D eigenvalue weighted by Crippen LogP contribution is 2.40. The number of halogens is 1. The van der Waals surface area contributed by atoms with Crippen LogP contribution in [0.4, 0.5) is 0 Å². The predicted molar refractivity (Wildman–Crippen MR) is 116 cm³/mol. The summed E-state index contributed by atoms with van der Waals surface area (Å²) in [6.07, 6.45) is 0. The van der Waals surface area contributed by atoms with Gasteiger partial charge in [-0.25, -0.2) is 4.98 Å². The van der Waals surface area contributed by atoms with Gasteiger partial charge in [-0.05, 0) is 42.8 Å². The van der Waals surface area contributed by atoms with Crippen molar-refractivity contribution in [1.29, 1.82) is 0 Å². The monoisotopic (exact) mass is 430 g/mol. The van der Waals surface area contributed by atoms with Gasteiger partial charge in [0.2, 0.25) is 0 Å². The summed E-state index contributed by atoms with van der Waals surface area (Å²) in [6, 6.07) is 14.7. The van der Waals surface area contributed by atoms with E-state index in [0.29, 0.717) is 0 Å². The highest BCUT2D eigenvalue weighted by atomic mass is 79.9. The van der Waals surface area contributed by atoms with E-state index in [1.165, 1.54) is 5.56 Å². The maximum atomic E-state index is 6.61. The number of benzene rings is 2. The van der Waals surface area contributed by atoms with Crippen LogP contribution >= 0.6 is 15.9 Å². The molecule has 0 N–H and O–H groups in total. The summed E-state index contributed by atoms with van der Waals surface area (Å²) in [7, 11) is -1.94. The molecule has 0 bridgehead atoms. The summed E-state index contributed by atoms with van der Waals surface area (Å²) in [6.45, 7) is 14.2. The average molecular weight is 431 g/mol. The lowest BCUT2D eigenvalue weighted by atomic mass is 10.2. The normalized spacial score (nSPS) is 12.6. The second-order valence-electron chi connectivity index (χ2n) is 8.36. The zero-order valence-electron chi connectivity index (χ0n) is 16.4. The van der Waals surface area contributed by atoms with E-state index in [0.717, 1.165) is 33.6 Å². The minimum atomic E-state index is -1.94. The Kier molecular flexibility index (Phi) is 5.06. The van der Waals surface area contributed by atoms with Crippen LogP contribution < -0.4 is 4.43 Å². The Morgan fingerprint density at radius 3 is 2.38 bits per heavy atom. The van der Waals surface area contributed by atoms with Crippen molar-refractivity contribution in [2.75, 3.05) is 0 Å². The number of nitrogens with zero attached hydrogens (tertiary/aromatic N) is 2. The molecule has 0 unspecified atom stereocenters. The van der Waals surface area contributed by atoms with Crippen LogP contribution in [0.25, 0.3) is 11.0 Å². The first-order valence-corrected chi connectivity index (χ1v) is 12.7. The van der Waals surface area contributed by atoms with Gasteiger partial charge in [0.25, 0.3) is 8.32 Å². The fraction of sp³-hybridized carbons (Fsp3) is 0.381. The first kappa shape index (κ1) is 19.2. The second kappa shape index (κ2) is 6.85. The van der Waals surface area contributed by atoms with Crippen LogP contribution in [-0.2, 0) is 6.54 Å². The van der Waals surface area contributed by atoms with Gasteiger partial charge in [0, 0.05) is 11.0 Å². The Bertz CT molecular complexity index is 927. The van der Waals surface area contributed by atoms with Crippen molar-refractivity contribution in [3.63, 3.8) is 0 Å². The maximum Gasteiger partial charge on any atom is 0.250 e. The lowest BCUT2D eigenvalue weighted by Crippen LogP contribution is -2.43. The van der Waals surface area contributed by atoms with Gasteiger partial charge >= 0.3 is 0 Å². The van der Waals surface area contributed by atoms with E-state index in [1.54, 1.807) is 0 Å². The number of imidazole rings is 1. The molecule has 0 aliphatic heterocycles. The van der Waals surface area contributed by atoms with Crippen molar-refractivity contribution in [3.05, 3.63) is 58.3 Å². The molecule has 0 fully saturated rings. The van der Waals surface area contributed by atoms with Gasteiger partial charge in [-0.3, -0.25) is 0 Å². The first-order chi connectivity index (χ1) is 12.1. The molecule has 5 heteroatoms. The molecule has 138 valence electrons. The third kappa shape index (κ3) is 3.74. The third-order valence-electron chi connectivity index (χ3n) is 5.33. The molecule has 3 rings (SSSR count). The van der Waals surface area contributed by atoms with Gasteiger partial charge in [0.1, 0.15) is 17.1 Å². The minimum Gasteiger partial charge on any atom is -0.542 e. The van der Waals surface area contributed by atoms with E-state index in [1.807, 2.05) is 6.07 Å². The van der Waals surface area contributed by atoms with E-state index in [9.17, 15) is 0 Å². The molecular weight excluding hydrogens is 404 g/mol. The molecule has 0 radical (unpaired) electrons. The number of fused-ring (bicyclic) bond motifs is 1. The molecule has 1 aromatic heterocycles. The molecule has 0 saturated carbocycles. The Labute approximate surface area is 165 Å². The van der Waals surface area contributed by atoms with Crippen molar-refractivity contribution < 1.29 is 4.43 Å². The molecule has 0 aliphatic rings. The van der Waals surface area contributed by atoms with Crippen molar-refractivity contribution in [3.8, 4) is 5.75 Å². The Hall–Kier alpha value is -1.59. The Morgan fingerprint density at radius 1 is 1.12 bits per heavy atom. The van der Waals surface area contributed by atoms with Crippen LogP contribution in [0.5, 0.6) is 5.75 Å². The van der Waals surface area contributed by atoms with Gasteiger partial charge in [-0.2, -0.15) is 0 Å². The molecule has 3 nitrogen and oxygen atoms in total. The van der Waals surface area contributed by atoms with Gasteiger partial charge < -0.3 is 8.99 Å². The van der Waals surface area contributed by atoms with Crippen LogP contribution in [0.15, 0.2) is 46.9 Å². The second-order valence-corrected chi connectivity index (χ2v) is 14.0. The molecular formula is C21H27BrN2OSi. The van der Waals surface area contributed by atoms with Crippen LogP contribution in [0.2, 0.25) is 18.1 Å². The third-order valence-corrected chi connectivity index (χ3v) is 10.1. The summed E-state index contributed by atoms with van der Waals surface area (Å²) < 4.78 is 9.89. The number of aryl methyl sites for hydroxylation is 1. The molecule has 0 spiro atoms. The number of hydrogen-bond acceptors (Lipinski definition) is 2.